The highest BCUT2D eigenvalue weighted by Crippen LogP contribution is 2.29. The van der Waals surface area contributed by atoms with Crippen LogP contribution in [0.15, 0.2) is 103 Å². The molecule has 1 N–H and O–H groups in total. The summed E-state index contributed by atoms with van der Waals surface area (Å²) in [6.07, 6.45) is 5.38. The Hall–Kier alpha value is -4.17. The number of carbonyl (C=O) groups excluding carboxylic acids is 2. The van der Waals surface area contributed by atoms with E-state index in [0.717, 1.165) is 58.1 Å². The van der Waals surface area contributed by atoms with Crippen molar-refractivity contribution in [1.29, 1.82) is 0 Å². The summed E-state index contributed by atoms with van der Waals surface area (Å²) in [5, 5.41) is 4.79. The first-order chi connectivity index (χ1) is 20.3. The molecule has 5 rings (SSSR count). The predicted octanol–water partition coefficient (Wildman–Crippen LogP) is 5.30. The molecule has 218 valence electrons. The summed E-state index contributed by atoms with van der Waals surface area (Å²) in [5.41, 5.74) is 2.20. The first-order valence-corrected chi connectivity index (χ1v) is 16.3. The fourth-order valence-corrected chi connectivity index (χ4v) is 6.58. The van der Waals surface area contributed by atoms with E-state index in [0.29, 0.717) is 12.1 Å². The molecule has 1 saturated carbocycles. The Labute approximate surface area is 248 Å². The van der Waals surface area contributed by atoms with E-state index in [1.165, 1.54) is 0 Å². The number of anilines is 1. The van der Waals surface area contributed by atoms with Gasteiger partial charge in [0.25, 0.3) is 0 Å². The van der Waals surface area contributed by atoms with Gasteiger partial charge < -0.3 is 10.2 Å². The zero-order chi connectivity index (χ0) is 29.5. The Morgan fingerprint density at radius 1 is 0.810 bits per heavy atom. The lowest BCUT2D eigenvalue weighted by Crippen LogP contribution is -2.54. The van der Waals surface area contributed by atoms with Crippen LogP contribution < -0.4 is 9.62 Å². The molecule has 0 aliphatic heterocycles. The standard InChI is InChI=1S/C34H37N3O4S/c1-42(40,41)37(31-22-12-18-28-17-8-11-21-30(28)31)25-33(38)36(24-27-15-6-3-7-16-27)32(23-26-13-4-2-5-14-26)34(39)35-29-19-9-10-20-29/h2-8,11-18,21-22,29,32H,9-10,19-20,23-25H2,1H3,(H,35,39). The van der Waals surface area contributed by atoms with Crippen LogP contribution in [0.25, 0.3) is 10.8 Å². The van der Waals surface area contributed by atoms with Crippen LogP contribution in [-0.2, 0) is 32.6 Å². The van der Waals surface area contributed by atoms with Gasteiger partial charge >= 0.3 is 0 Å². The monoisotopic (exact) mass is 583 g/mol. The third-order valence-corrected chi connectivity index (χ3v) is 9.01. The number of benzene rings is 4. The fraction of sp³-hybridized carbons (Fsp3) is 0.294. The molecule has 0 spiro atoms. The number of carbonyl (C=O) groups is 2. The number of fused-ring (bicyclic) bond motifs is 1. The number of sulfonamides is 1. The van der Waals surface area contributed by atoms with Gasteiger partial charge in [0.2, 0.25) is 21.8 Å². The Morgan fingerprint density at radius 3 is 2.07 bits per heavy atom. The molecule has 4 aromatic carbocycles. The maximum Gasteiger partial charge on any atom is 0.244 e. The van der Waals surface area contributed by atoms with Gasteiger partial charge in [-0.1, -0.05) is 110 Å². The number of rotatable bonds is 11. The van der Waals surface area contributed by atoms with Crippen LogP contribution in [0.3, 0.4) is 0 Å². The van der Waals surface area contributed by atoms with E-state index in [-0.39, 0.29) is 18.5 Å². The predicted molar refractivity (Wildman–Crippen MR) is 167 cm³/mol. The summed E-state index contributed by atoms with van der Waals surface area (Å²) >= 11 is 0. The first-order valence-electron chi connectivity index (χ1n) is 14.4. The van der Waals surface area contributed by atoms with Crippen LogP contribution in [0, 0.1) is 0 Å². The second-order valence-corrected chi connectivity index (χ2v) is 12.9. The average molecular weight is 584 g/mol. The third-order valence-electron chi connectivity index (χ3n) is 7.88. The molecular formula is C34H37N3O4S. The van der Waals surface area contributed by atoms with Crippen molar-refractivity contribution in [3.8, 4) is 0 Å². The molecule has 42 heavy (non-hydrogen) atoms. The van der Waals surface area contributed by atoms with E-state index in [1.54, 1.807) is 17.0 Å². The molecule has 0 radical (unpaired) electrons. The van der Waals surface area contributed by atoms with E-state index in [2.05, 4.69) is 5.32 Å². The van der Waals surface area contributed by atoms with Crippen molar-refractivity contribution in [3.05, 3.63) is 114 Å². The second-order valence-electron chi connectivity index (χ2n) is 11.0. The van der Waals surface area contributed by atoms with E-state index in [4.69, 9.17) is 0 Å². The van der Waals surface area contributed by atoms with E-state index < -0.39 is 28.5 Å². The molecule has 1 aliphatic carbocycles. The molecule has 8 heteroatoms. The van der Waals surface area contributed by atoms with Crippen molar-refractivity contribution in [2.45, 2.75) is 50.7 Å². The highest BCUT2D eigenvalue weighted by atomic mass is 32.2. The zero-order valence-electron chi connectivity index (χ0n) is 23.9. The molecule has 2 amide bonds. The van der Waals surface area contributed by atoms with Gasteiger partial charge in [-0.3, -0.25) is 13.9 Å². The Balaban J connectivity index is 1.53. The Kier molecular flexibility index (Phi) is 9.22. The summed E-state index contributed by atoms with van der Waals surface area (Å²) in [6, 6.07) is 31.3. The minimum Gasteiger partial charge on any atom is -0.352 e. The van der Waals surface area contributed by atoms with Crippen LogP contribution in [-0.4, -0.2) is 50.0 Å². The van der Waals surface area contributed by atoms with Crippen molar-refractivity contribution in [3.63, 3.8) is 0 Å². The van der Waals surface area contributed by atoms with Crippen LogP contribution >= 0.6 is 0 Å². The molecule has 0 saturated heterocycles. The normalized spacial score (nSPS) is 14.4. The number of amides is 2. The topological polar surface area (TPSA) is 86.8 Å². The van der Waals surface area contributed by atoms with Crippen LogP contribution in [0.2, 0.25) is 0 Å². The van der Waals surface area contributed by atoms with Crippen molar-refractivity contribution in [2.24, 2.45) is 0 Å². The van der Waals surface area contributed by atoms with Gasteiger partial charge in [0.1, 0.15) is 12.6 Å². The van der Waals surface area contributed by atoms with Gasteiger partial charge in [-0.2, -0.15) is 0 Å². The number of nitrogens with zero attached hydrogens (tertiary/aromatic N) is 2. The van der Waals surface area contributed by atoms with Crippen LogP contribution in [0.5, 0.6) is 0 Å². The van der Waals surface area contributed by atoms with Crippen molar-refractivity contribution in [1.82, 2.24) is 10.2 Å². The van der Waals surface area contributed by atoms with Crippen molar-refractivity contribution >= 4 is 38.3 Å². The maximum absolute atomic E-state index is 14.3. The summed E-state index contributed by atoms with van der Waals surface area (Å²) in [7, 11) is -3.85. The van der Waals surface area contributed by atoms with Crippen molar-refractivity contribution < 1.29 is 18.0 Å². The summed E-state index contributed by atoms with van der Waals surface area (Å²) in [6.45, 7) is -0.260. The van der Waals surface area contributed by atoms with Gasteiger partial charge in [0, 0.05) is 24.4 Å². The Bertz CT molecular complexity index is 1620. The molecule has 7 nitrogen and oxygen atoms in total. The van der Waals surface area contributed by atoms with Crippen LogP contribution in [0.1, 0.15) is 36.8 Å². The lowest BCUT2D eigenvalue weighted by molar-refractivity contribution is -0.140. The first kappa shape index (κ1) is 29.3. The smallest absolute Gasteiger partial charge is 0.244 e. The van der Waals surface area contributed by atoms with Gasteiger partial charge in [-0.05, 0) is 35.4 Å². The minimum absolute atomic E-state index is 0.0765. The Morgan fingerprint density at radius 2 is 1.40 bits per heavy atom. The molecule has 0 bridgehead atoms. The highest BCUT2D eigenvalue weighted by Gasteiger charge is 2.34. The quantitative estimate of drug-likeness (QED) is 0.260. The summed E-state index contributed by atoms with van der Waals surface area (Å²) in [4.78, 5) is 29.8. The number of hydrogen-bond acceptors (Lipinski definition) is 4. The molecule has 1 aliphatic rings. The zero-order valence-corrected chi connectivity index (χ0v) is 24.7. The van der Waals surface area contributed by atoms with Gasteiger partial charge in [-0.15, -0.1) is 0 Å². The molecule has 1 atom stereocenters. The van der Waals surface area contributed by atoms with Gasteiger partial charge in [-0.25, -0.2) is 8.42 Å². The summed E-state index contributed by atoms with van der Waals surface area (Å²) < 4.78 is 27.5. The highest BCUT2D eigenvalue weighted by molar-refractivity contribution is 7.92. The number of nitrogens with one attached hydrogen (secondary N) is 1. The average Bonchev–Trinajstić information content (AvgIpc) is 3.51. The van der Waals surface area contributed by atoms with E-state index >= 15 is 0 Å². The second kappa shape index (κ2) is 13.2. The van der Waals surface area contributed by atoms with E-state index in [9.17, 15) is 18.0 Å². The minimum atomic E-state index is -3.85. The molecule has 1 unspecified atom stereocenters. The molecule has 0 heterocycles. The summed E-state index contributed by atoms with van der Waals surface area (Å²) in [5.74, 6) is -0.661. The van der Waals surface area contributed by atoms with Crippen molar-refractivity contribution in [2.75, 3.05) is 17.1 Å². The van der Waals surface area contributed by atoms with Crippen LogP contribution in [0.4, 0.5) is 5.69 Å². The number of hydrogen-bond donors (Lipinski definition) is 1. The SMILES string of the molecule is CS(=O)(=O)N(CC(=O)N(Cc1ccccc1)C(Cc1ccccc1)C(=O)NC1CCCC1)c1cccc2ccccc12. The van der Waals surface area contributed by atoms with E-state index in [1.807, 2.05) is 91.0 Å². The third kappa shape index (κ3) is 7.18. The molecule has 4 aromatic rings. The maximum atomic E-state index is 14.3. The fourth-order valence-electron chi connectivity index (χ4n) is 5.72. The molecule has 0 aromatic heterocycles. The lowest BCUT2D eigenvalue weighted by atomic mass is 10.0. The molecule has 1 fully saturated rings. The largest absolute Gasteiger partial charge is 0.352 e. The lowest BCUT2D eigenvalue weighted by Gasteiger charge is -2.34. The molecular weight excluding hydrogens is 546 g/mol. The van der Waals surface area contributed by atoms with Gasteiger partial charge in [0.05, 0.1) is 11.9 Å². The van der Waals surface area contributed by atoms with Gasteiger partial charge in [0.15, 0.2) is 0 Å².